The summed E-state index contributed by atoms with van der Waals surface area (Å²) in [6, 6.07) is 0. The number of hydrogen-bond donors (Lipinski definition) is 0. The fourth-order valence-corrected chi connectivity index (χ4v) is 2.16. The Bertz CT molecular complexity index is 324. The number of nitrogens with zero attached hydrogens (tertiary/aromatic N) is 3. The molecule has 0 aromatic carbocycles. The maximum Gasteiger partial charge on any atom is 0.225 e. The van der Waals surface area contributed by atoms with Gasteiger partial charge in [-0.25, -0.2) is 9.98 Å². The molecule has 2 fully saturated rings. The summed E-state index contributed by atoms with van der Waals surface area (Å²) < 4.78 is 0. The predicted octanol–water partition coefficient (Wildman–Crippen LogP) is 2.45. The molecule has 2 rings (SSSR count). The molecule has 15 heavy (non-hydrogen) atoms. The van der Waals surface area contributed by atoms with Gasteiger partial charge in [0.2, 0.25) is 5.96 Å². The topological polar surface area (TPSA) is 28.0 Å². The van der Waals surface area contributed by atoms with Crippen molar-refractivity contribution >= 4 is 12.2 Å². The van der Waals surface area contributed by atoms with Crippen molar-refractivity contribution in [2.75, 3.05) is 13.1 Å². The number of allylic oxidation sites excluding steroid dienone is 1. The summed E-state index contributed by atoms with van der Waals surface area (Å²) >= 11 is 0. The molecule has 2 aliphatic rings. The van der Waals surface area contributed by atoms with Crippen LogP contribution in [0.5, 0.6) is 0 Å². The normalized spacial score (nSPS) is 24.1. The fraction of sp³-hybridized carbons (Fsp3) is 0.667. The lowest BCUT2D eigenvalue weighted by Crippen LogP contribution is -2.27. The summed E-state index contributed by atoms with van der Waals surface area (Å²) in [6.45, 7) is 9.89. The molecule has 1 aliphatic carbocycles. The van der Waals surface area contributed by atoms with Crippen molar-refractivity contribution in [3.8, 4) is 0 Å². The predicted molar refractivity (Wildman–Crippen MR) is 64.3 cm³/mol. The van der Waals surface area contributed by atoms with Gasteiger partial charge in [0.1, 0.15) is 0 Å². The van der Waals surface area contributed by atoms with Crippen LogP contribution in [0, 0.1) is 5.41 Å². The molecule has 82 valence electrons. The van der Waals surface area contributed by atoms with Gasteiger partial charge in [0.05, 0.1) is 0 Å². The van der Waals surface area contributed by atoms with E-state index in [9.17, 15) is 0 Å². The zero-order chi connectivity index (χ0) is 10.9. The van der Waals surface area contributed by atoms with Crippen LogP contribution in [0.15, 0.2) is 22.3 Å². The van der Waals surface area contributed by atoms with Gasteiger partial charge in [0, 0.05) is 25.0 Å². The van der Waals surface area contributed by atoms with Gasteiger partial charge in [-0.3, -0.25) is 0 Å². The van der Waals surface area contributed by atoms with Gasteiger partial charge < -0.3 is 4.90 Å². The van der Waals surface area contributed by atoms with Crippen LogP contribution in [0.4, 0.5) is 0 Å². The van der Waals surface area contributed by atoms with Crippen LogP contribution in [0.3, 0.4) is 0 Å². The molecular formula is C12H19N3. The van der Waals surface area contributed by atoms with Crippen LogP contribution >= 0.6 is 0 Å². The number of guanidine groups is 1. The smallest absolute Gasteiger partial charge is 0.225 e. The minimum atomic E-state index is 0.624. The maximum absolute atomic E-state index is 4.39. The average Bonchev–Trinajstić information content (AvgIpc) is 2.75. The first-order valence-electron chi connectivity index (χ1n) is 5.63. The molecule has 1 spiro atoms. The third-order valence-electron chi connectivity index (χ3n) is 3.21. The van der Waals surface area contributed by atoms with E-state index in [-0.39, 0.29) is 0 Å². The van der Waals surface area contributed by atoms with E-state index in [0.717, 1.165) is 24.7 Å². The highest BCUT2D eigenvalue weighted by Gasteiger charge is 2.48. The molecule has 0 amide bonds. The molecule has 0 radical (unpaired) electrons. The Balaban J connectivity index is 2.08. The molecule has 1 heterocycles. The highest BCUT2D eigenvalue weighted by molar-refractivity contribution is 5.88. The Morgan fingerprint density at radius 3 is 2.60 bits per heavy atom. The van der Waals surface area contributed by atoms with E-state index in [1.165, 1.54) is 19.3 Å². The van der Waals surface area contributed by atoms with Gasteiger partial charge in [0.25, 0.3) is 0 Å². The molecule has 0 aromatic rings. The number of likely N-dealkylation sites (tertiary alicyclic amines) is 1. The number of aliphatic imine (C=N–C) groups is 2. The third kappa shape index (κ3) is 2.28. The van der Waals surface area contributed by atoms with E-state index in [4.69, 9.17) is 0 Å². The van der Waals surface area contributed by atoms with Crippen LogP contribution in [-0.2, 0) is 0 Å². The van der Waals surface area contributed by atoms with E-state index >= 15 is 0 Å². The minimum Gasteiger partial charge on any atom is -0.340 e. The van der Waals surface area contributed by atoms with E-state index in [1.807, 2.05) is 13.8 Å². The zero-order valence-electron chi connectivity index (χ0n) is 9.66. The molecule has 1 saturated heterocycles. The third-order valence-corrected chi connectivity index (χ3v) is 3.21. The van der Waals surface area contributed by atoms with Gasteiger partial charge in [-0.05, 0) is 38.5 Å². The molecule has 3 nitrogen and oxygen atoms in total. The molecule has 0 N–H and O–H groups in total. The van der Waals surface area contributed by atoms with Gasteiger partial charge in [-0.2, -0.15) is 0 Å². The van der Waals surface area contributed by atoms with Crippen LogP contribution in [0.1, 0.15) is 33.1 Å². The molecule has 0 atom stereocenters. The highest BCUT2D eigenvalue weighted by Crippen LogP contribution is 2.52. The minimum absolute atomic E-state index is 0.624. The van der Waals surface area contributed by atoms with Crippen molar-refractivity contribution in [1.82, 2.24) is 4.90 Å². The summed E-state index contributed by atoms with van der Waals surface area (Å²) in [5.74, 6) is 0.841. The Hall–Kier alpha value is -1.12. The first-order chi connectivity index (χ1) is 7.15. The van der Waals surface area contributed by atoms with Crippen LogP contribution in [0.25, 0.3) is 0 Å². The lowest BCUT2D eigenvalue weighted by Gasteiger charge is -2.17. The van der Waals surface area contributed by atoms with Crippen LogP contribution < -0.4 is 0 Å². The second kappa shape index (κ2) is 3.80. The summed E-state index contributed by atoms with van der Waals surface area (Å²) in [6.07, 6.45) is 5.89. The Kier molecular flexibility index (Phi) is 2.63. The first kappa shape index (κ1) is 10.4. The van der Waals surface area contributed by atoms with Crippen molar-refractivity contribution in [2.24, 2.45) is 15.4 Å². The second-order valence-corrected chi connectivity index (χ2v) is 4.71. The van der Waals surface area contributed by atoms with E-state index in [2.05, 4.69) is 21.5 Å². The van der Waals surface area contributed by atoms with Gasteiger partial charge >= 0.3 is 0 Å². The number of rotatable bonds is 1. The summed E-state index contributed by atoms with van der Waals surface area (Å²) in [7, 11) is 0. The highest BCUT2D eigenvalue weighted by atomic mass is 15.3. The van der Waals surface area contributed by atoms with Gasteiger partial charge in [-0.15, -0.1) is 0 Å². The first-order valence-corrected chi connectivity index (χ1v) is 5.63. The zero-order valence-corrected chi connectivity index (χ0v) is 9.66. The Labute approximate surface area is 91.6 Å². The Morgan fingerprint density at radius 2 is 2.13 bits per heavy atom. The molecule has 0 aromatic heterocycles. The summed E-state index contributed by atoms with van der Waals surface area (Å²) in [5.41, 5.74) is 1.45. The molecule has 1 saturated carbocycles. The number of hydrogen-bond acceptors (Lipinski definition) is 1. The van der Waals surface area contributed by atoms with Gasteiger partial charge in [-0.1, -0.05) is 6.58 Å². The fourth-order valence-electron chi connectivity index (χ4n) is 2.16. The van der Waals surface area contributed by atoms with Crippen molar-refractivity contribution in [3.05, 3.63) is 12.3 Å². The summed E-state index contributed by atoms with van der Waals surface area (Å²) in [4.78, 5) is 11.0. The van der Waals surface area contributed by atoms with Crippen molar-refractivity contribution in [1.29, 1.82) is 0 Å². The molecule has 1 aliphatic heterocycles. The van der Waals surface area contributed by atoms with Gasteiger partial charge in [0.15, 0.2) is 0 Å². The van der Waals surface area contributed by atoms with Crippen LogP contribution in [-0.4, -0.2) is 30.2 Å². The SMILES string of the molecule is C=C(C)N=C(N=CC)N1CCC2(CC2)C1. The van der Waals surface area contributed by atoms with E-state index < -0.39 is 0 Å². The van der Waals surface area contributed by atoms with Crippen LogP contribution in [0.2, 0.25) is 0 Å². The standard InChI is InChI=1S/C12H19N3/c1-4-13-11(14-10(2)3)15-8-7-12(9-15)5-6-12/h4H,2,5-9H2,1,3H3. The van der Waals surface area contributed by atoms with Crippen molar-refractivity contribution < 1.29 is 0 Å². The monoisotopic (exact) mass is 205 g/mol. The summed E-state index contributed by atoms with van der Waals surface area (Å²) in [5, 5.41) is 0. The quantitative estimate of drug-likeness (QED) is 0.477. The molecule has 3 heteroatoms. The largest absolute Gasteiger partial charge is 0.340 e. The lowest BCUT2D eigenvalue weighted by molar-refractivity contribution is 0.466. The molecule has 0 unspecified atom stereocenters. The van der Waals surface area contributed by atoms with E-state index in [1.54, 1.807) is 6.21 Å². The molecule has 0 bridgehead atoms. The maximum atomic E-state index is 4.39. The van der Waals surface area contributed by atoms with Crippen molar-refractivity contribution in [2.45, 2.75) is 33.1 Å². The molecular weight excluding hydrogens is 186 g/mol. The lowest BCUT2D eigenvalue weighted by atomic mass is 10.1. The average molecular weight is 205 g/mol. The van der Waals surface area contributed by atoms with Crippen molar-refractivity contribution in [3.63, 3.8) is 0 Å². The second-order valence-electron chi connectivity index (χ2n) is 4.71. The van der Waals surface area contributed by atoms with E-state index in [0.29, 0.717) is 5.41 Å². The Morgan fingerprint density at radius 1 is 1.40 bits per heavy atom.